The Labute approximate surface area is 129 Å². The Balaban J connectivity index is 2.13. The van der Waals surface area contributed by atoms with Gasteiger partial charge >= 0.3 is 5.69 Å². The summed E-state index contributed by atoms with van der Waals surface area (Å²) < 4.78 is 27.7. The summed E-state index contributed by atoms with van der Waals surface area (Å²) in [6.07, 6.45) is 1.77. The summed E-state index contributed by atoms with van der Waals surface area (Å²) in [5.41, 5.74) is 1.30. The van der Waals surface area contributed by atoms with Gasteiger partial charge in [0.25, 0.3) is 0 Å². The van der Waals surface area contributed by atoms with Crippen molar-refractivity contribution in [3.63, 3.8) is 0 Å². The largest absolute Gasteiger partial charge is 0.328 e. The number of benzene rings is 1. The predicted octanol–water partition coefficient (Wildman–Crippen LogP) is 2.65. The van der Waals surface area contributed by atoms with Gasteiger partial charge in [-0.25, -0.2) is 18.6 Å². The highest BCUT2D eigenvalue weighted by Gasteiger charge is 2.12. The van der Waals surface area contributed by atoms with Gasteiger partial charge in [0.2, 0.25) is 0 Å². The average molecular weight is 317 g/mol. The molecule has 0 radical (unpaired) electrons. The van der Waals surface area contributed by atoms with Crippen LogP contribution in [0.25, 0.3) is 22.3 Å². The van der Waals surface area contributed by atoms with Crippen molar-refractivity contribution < 1.29 is 13.6 Å². The van der Waals surface area contributed by atoms with Crippen molar-refractivity contribution >= 4 is 16.9 Å². The van der Waals surface area contributed by atoms with E-state index in [4.69, 9.17) is 0 Å². The van der Waals surface area contributed by atoms with E-state index in [1.807, 2.05) is 0 Å². The van der Waals surface area contributed by atoms with E-state index in [1.165, 1.54) is 16.8 Å². The second-order valence-electron chi connectivity index (χ2n) is 5.13. The summed E-state index contributed by atoms with van der Waals surface area (Å²) in [4.78, 5) is 30.3. The second kappa shape index (κ2) is 5.75. The van der Waals surface area contributed by atoms with Gasteiger partial charge in [-0.1, -0.05) is 13.0 Å². The first-order chi connectivity index (χ1) is 11.0. The molecule has 23 heavy (non-hydrogen) atoms. The minimum atomic E-state index is -0.963. The monoisotopic (exact) mass is 317 g/mol. The first kappa shape index (κ1) is 15.1. The highest BCUT2D eigenvalue weighted by atomic mass is 19.2. The quantitative estimate of drug-likeness (QED) is 0.804. The van der Waals surface area contributed by atoms with Gasteiger partial charge in [-0.3, -0.25) is 14.3 Å². The van der Waals surface area contributed by atoms with Gasteiger partial charge in [0.1, 0.15) is 0 Å². The van der Waals surface area contributed by atoms with Gasteiger partial charge in [-0.2, -0.15) is 0 Å². The van der Waals surface area contributed by atoms with Crippen molar-refractivity contribution in [2.75, 3.05) is 0 Å². The summed E-state index contributed by atoms with van der Waals surface area (Å²) in [7, 11) is 0. The van der Waals surface area contributed by atoms with Gasteiger partial charge in [0, 0.05) is 18.2 Å². The fourth-order valence-electron chi connectivity index (χ4n) is 2.31. The lowest BCUT2D eigenvalue weighted by Crippen LogP contribution is -2.21. The van der Waals surface area contributed by atoms with Crippen LogP contribution in [0.1, 0.15) is 13.3 Å². The van der Waals surface area contributed by atoms with Crippen LogP contribution in [0.5, 0.6) is 0 Å². The number of carbonyl (C=O) groups is 1. The number of fused-ring (bicyclic) bond motifs is 1. The van der Waals surface area contributed by atoms with Crippen LogP contribution in [0.4, 0.5) is 8.78 Å². The molecule has 0 unspecified atom stereocenters. The molecule has 0 saturated carbocycles. The molecule has 0 aliphatic carbocycles. The molecule has 0 saturated heterocycles. The Morgan fingerprint density at radius 3 is 2.70 bits per heavy atom. The molecule has 0 amide bonds. The highest BCUT2D eigenvalue weighted by Crippen LogP contribution is 2.23. The molecule has 0 atom stereocenters. The molecule has 3 aromatic rings. The van der Waals surface area contributed by atoms with E-state index in [2.05, 4.69) is 9.97 Å². The first-order valence-corrected chi connectivity index (χ1v) is 7.05. The van der Waals surface area contributed by atoms with Crippen LogP contribution in [-0.4, -0.2) is 20.3 Å². The number of H-pyrrole nitrogens is 1. The number of ketones is 1. The van der Waals surface area contributed by atoms with E-state index < -0.39 is 17.3 Å². The number of hydrogen-bond acceptors (Lipinski definition) is 3. The minimum Gasteiger partial charge on any atom is -0.298 e. The molecule has 0 fully saturated rings. The average Bonchev–Trinajstić information content (AvgIpc) is 2.85. The first-order valence-electron chi connectivity index (χ1n) is 7.05. The Kier molecular flexibility index (Phi) is 3.77. The maximum Gasteiger partial charge on any atom is 0.328 e. The molecule has 1 aromatic carbocycles. The van der Waals surface area contributed by atoms with E-state index in [1.54, 1.807) is 13.0 Å². The topological polar surface area (TPSA) is 67.8 Å². The number of nitrogens with zero attached hydrogens (tertiary/aromatic N) is 2. The van der Waals surface area contributed by atoms with Crippen LogP contribution >= 0.6 is 0 Å². The summed E-state index contributed by atoms with van der Waals surface area (Å²) in [5, 5.41) is 0. The van der Waals surface area contributed by atoms with Gasteiger partial charge in [0.15, 0.2) is 23.1 Å². The molecule has 0 aliphatic heterocycles. The number of aromatic amines is 1. The third kappa shape index (κ3) is 2.77. The number of imidazole rings is 1. The molecular formula is C16H13F2N3O2. The normalized spacial score (nSPS) is 11.1. The smallest absolute Gasteiger partial charge is 0.298 e. The Morgan fingerprint density at radius 1 is 1.22 bits per heavy atom. The van der Waals surface area contributed by atoms with Gasteiger partial charge in [0.05, 0.1) is 12.1 Å². The fraction of sp³-hybridized carbons (Fsp3) is 0.188. The molecule has 1 N–H and O–H groups in total. The van der Waals surface area contributed by atoms with Crippen molar-refractivity contribution in [3.05, 3.63) is 52.6 Å². The number of hydrogen-bond donors (Lipinski definition) is 1. The zero-order valence-corrected chi connectivity index (χ0v) is 12.3. The number of Topliss-reactive ketones (excluding diaryl/α,β-unsaturated/α-hetero) is 1. The molecular weight excluding hydrogens is 304 g/mol. The van der Waals surface area contributed by atoms with Gasteiger partial charge < -0.3 is 0 Å². The standard InChI is InChI=1S/C16H13F2N3O2/c1-2-11(22)8-21-14-6-10(7-19-15(14)20-16(21)23)9-3-4-12(17)13(18)5-9/h3-7H,2,8H2,1H3,(H,19,20,23). The Hall–Kier alpha value is -2.83. The molecule has 118 valence electrons. The van der Waals surface area contributed by atoms with Crippen molar-refractivity contribution in [3.8, 4) is 11.1 Å². The zero-order chi connectivity index (χ0) is 16.6. The third-order valence-corrected chi connectivity index (χ3v) is 3.61. The van der Waals surface area contributed by atoms with E-state index in [9.17, 15) is 18.4 Å². The van der Waals surface area contributed by atoms with Crippen LogP contribution < -0.4 is 5.69 Å². The van der Waals surface area contributed by atoms with Gasteiger partial charge in [-0.15, -0.1) is 0 Å². The van der Waals surface area contributed by atoms with Gasteiger partial charge in [-0.05, 0) is 23.8 Å². The minimum absolute atomic E-state index is 0.0573. The summed E-state index contributed by atoms with van der Waals surface area (Å²) in [6, 6.07) is 5.13. The summed E-state index contributed by atoms with van der Waals surface area (Å²) >= 11 is 0. The van der Waals surface area contributed by atoms with Crippen molar-refractivity contribution in [2.45, 2.75) is 19.9 Å². The van der Waals surface area contributed by atoms with Crippen molar-refractivity contribution in [1.82, 2.24) is 14.5 Å². The molecule has 2 aromatic heterocycles. The van der Waals surface area contributed by atoms with Crippen molar-refractivity contribution in [1.29, 1.82) is 0 Å². The molecule has 3 rings (SSSR count). The summed E-state index contributed by atoms with van der Waals surface area (Å²) in [6.45, 7) is 1.66. The van der Waals surface area contributed by atoms with E-state index >= 15 is 0 Å². The Bertz CT molecular complexity index is 960. The third-order valence-electron chi connectivity index (χ3n) is 3.61. The number of carbonyl (C=O) groups excluding carboxylic acids is 1. The number of aromatic nitrogens is 3. The highest BCUT2D eigenvalue weighted by molar-refractivity contribution is 5.82. The molecule has 2 heterocycles. The summed E-state index contributed by atoms with van der Waals surface area (Å²) in [5.74, 6) is -1.99. The van der Waals surface area contributed by atoms with Crippen LogP contribution in [0.3, 0.4) is 0 Å². The number of rotatable bonds is 4. The lowest BCUT2D eigenvalue weighted by molar-refractivity contribution is -0.119. The lowest BCUT2D eigenvalue weighted by Gasteiger charge is -2.05. The molecule has 7 heteroatoms. The molecule has 0 aliphatic rings. The predicted molar refractivity (Wildman–Crippen MR) is 81.0 cm³/mol. The zero-order valence-electron chi connectivity index (χ0n) is 12.3. The van der Waals surface area contributed by atoms with Crippen LogP contribution in [0.15, 0.2) is 35.3 Å². The van der Waals surface area contributed by atoms with Crippen LogP contribution in [0.2, 0.25) is 0 Å². The van der Waals surface area contributed by atoms with Crippen LogP contribution in [-0.2, 0) is 11.3 Å². The number of halogens is 2. The maximum atomic E-state index is 13.4. The second-order valence-corrected chi connectivity index (χ2v) is 5.13. The Morgan fingerprint density at radius 2 is 2.00 bits per heavy atom. The number of pyridine rings is 1. The SMILES string of the molecule is CCC(=O)Cn1c(=O)[nH]c2ncc(-c3ccc(F)c(F)c3)cc21. The molecule has 5 nitrogen and oxygen atoms in total. The fourth-order valence-corrected chi connectivity index (χ4v) is 2.31. The maximum absolute atomic E-state index is 13.4. The molecule has 0 bridgehead atoms. The van der Waals surface area contributed by atoms with Crippen molar-refractivity contribution in [2.24, 2.45) is 0 Å². The van der Waals surface area contributed by atoms with E-state index in [-0.39, 0.29) is 12.3 Å². The van der Waals surface area contributed by atoms with Crippen LogP contribution in [0, 0.1) is 11.6 Å². The number of nitrogens with one attached hydrogen (secondary N) is 1. The lowest BCUT2D eigenvalue weighted by atomic mass is 10.1. The van der Waals surface area contributed by atoms with E-state index in [0.29, 0.717) is 28.7 Å². The molecule has 0 spiro atoms. The van der Waals surface area contributed by atoms with E-state index in [0.717, 1.165) is 12.1 Å².